The van der Waals surface area contributed by atoms with E-state index < -0.39 is 0 Å². The van der Waals surface area contributed by atoms with Crippen LogP contribution < -0.4 is 15.2 Å². The lowest BCUT2D eigenvalue weighted by atomic mass is 9.89. The van der Waals surface area contributed by atoms with Crippen LogP contribution in [0, 0.1) is 13.8 Å². The topological polar surface area (TPSA) is 21.6 Å². The molecule has 0 aromatic heterocycles. The van der Waals surface area contributed by atoms with E-state index in [0.717, 1.165) is 33.2 Å². The fraction of sp³-hybridized carbons (Fsp3) is 0.0870. The third-order valence-electron chi connectivity index (χ3n) is 4.60. The average Bonchev–Trinajstić information content (AvgIpc) is 2.59. The average molecular weight is 325 g/mol. The summed E-state index contributed by atoms with van der Waals surface area (Å²) in [6, 6.07) is 18.6. The van der Waals surface area contributed by atoms with Crippen LogP contribution in [0.3, 0.4) is 0 Å². The number of fused-ring (bicyclic) bond motifs is 2. The van der Waals surface area contributed by atoms with Crippen molar-refractivity contribution in [3.63, 3.8) is 0 Å². The Hall–Kier alpha value is -3.13. The van der Waals surface area contributed by atoms with E-state index in [1.165, 1.54) is 22.3 Å². The minimum Gasteiger partial charge on any atom is -0.456 e. The molecule has 0 bridgehead atoms. The molecule has 0 aliphatic carbocycles. The first-order chi connectivity index (χ1) is 12.1. The molecule has 0 N–H and O–H groups in total. The molecule has 0 unspecified atom stereocenters. The first-order valence-electron chi connectivity index (χ1n) is 8.27. The molecule has 122 valence electrons. The van der Waals surface area contributed by atoms with E-state index in [2.05, 4.69) is 62.5 Å². The molecule has 2 nitrogen and oxygen atoms in total. The smallest absolute Gasteiger partial charge is 0.137 e. The number of benzene rings is 3. The summed E-state index contributed by atoms with van der Waals surface area (Å²) < 4.78 is 6.17. The zero-order valence-corrected chi connectivity index (χ0v) is 14.5. The maximum atomic E-state index is 6.17. The monoisotopic (exact) mass is 325 g/mol. The maximum Gasteiger partial charge on any atom is 0.137 e. The summed E-state index contributed by atoms with van der Waals surface area (Å²) in [5, 5.41) is 2.02. The second kappa shape index (κ2) is 5.75. The van der Waals surface area contributed by atoms with Gasteiger partial charge in [-0.3, -0.25) is 4.99 Å². The zero-order chi connectivity index (χ0) is 17.6. The van der Waals surface area contributed by atoms with Gasteiger partial charge in [0.15, 0.2) is 0 Å². The molecule has 0 spiro atoms. The van der Waals surface area contributed by atoms with Crippen molar-refractivity contribution in [2.45, 2.75) is 13.8 Å². The molecule has 0 saturated carbocycles. The molecule has 0 radical (unpaired) electrons. The summed E-state index contributed by atoms with van der Waals surface area (Å²) >= 11 is 0. The molecule has 1 aliphatic rings. The second-order valence-corrected chi connectivity index (χ2v) is 6.46. The van der Waals surface area contributed by atoms with Crippen LogP contribution in [0.25, 0.3) is 12.2 Å². The lowest BCUT2D eigenvalue weighted by molar-refractivity contribution is 0.472. The van der Waals surface area contributed by atoms with Gasteiger partial charge in [-0.25, -0.2) is 0 Å². The van der Waals surface area contributed by atoms with Gasteiger partial charge < -0.3 is 4.74 Å². The number of hydrogen-bond donors (Lipinski definition) is 0. The highest BCUT2D eigenvalue weighted by atomic mass is 16.5. The van der Waals surface area contributed by atoms with Gasteiger partial charge in [-0.05, 0) is 55.1 Å². The van der Waals surface area contributed by atoms with Crippen LogP contribution >= 0.6 is 0 Å². The molecule has 1 aliphatic heterocycles. The molecule has 0 saturated heterocycles. The Balaban J connectivity index is 2.12. The van der Waals surface area contributed by atoms with Gasteiger partial charge >= 0.3 is 0 Å². The molecule has 0 fully saturated rings. The molecular formula is C23H19NO. The lowest BCUT2D eigenvalue weighted by Crippen LogP contribution is -2.19. The van der Waals surface area contributed by atoms with Crippen molar-refractivity contribution >= 4 is 24.6 Å². The Morgan fingerprint density at radius 2 is 1.64 bits per heavy atom. The Morgan fingerprint density at radius 1 is 0.840 bits per heavy atom. The first kappa shape index (κ1) is 15.4. The van der Waals surface area contributed by atoms with Crippen molar-refractivity contribution in [2.75, 3.05) is 0 Å². The highest BCUT2D eigenvalue weighted by molar-refractivity contribution is 5.87. The van der Waals surface area contributed by atoms with Crippen LogP contribution in [0.4, 0.5) is 5.69 Å². The molecule has 25 heavy (non-hydrogen) atoms. The summed E-state index contributed by atoms with van der Waals surface area (Å²) in [5.41, 5.74) is 6.78. The molecule has 1 heterocycles. The number of nitrogens with zero attached hydrogens (tertiary/aromatic N) is 1. The summed E-state index contributed by atoms with van der Waals surface area (Å²) in [6.45, 7) is 11.9. The van der Waals surface area contributed by atoms with Crippen LogP contribution in [-0.2, 0) is 0 Å². The Morgan fingerprint density at radius 3 is 2.40 bits per heavy atom. The fourth-order valence-corrected chi connectivity index (χ4v) is 3.41. The van der Waals surface area contributed by atoms with Crippen molar-refractivity contribution in [3.8, 4) is 11.5 Å². The van der Waals surface area contributed by atoms with Gasteiger partial charge in [-0.2, -0.15) is 0 Å². The summed E-state index contributed by atoms with van der Waals surface area (Å²) in [6.07, 6.45) is 0. The summed E-state index contributed by atoms with van der Waals surface area (Å²) in [5.74, 6) is 1.63. The fourth-order valence-electron chi connectivity index (χ4n) is 3.41. The molecule has 2 heteroatoms. The minimum atomic E-state index is 0.799. The maximum absolute atomic E-state index is 6.17. The largest absolute Gasteiger partial charge is 0.456 e. The van der Waals surface area contributed by atoms with Gasteiger partial charge in [0.05, 0.1) is 5.69 Å². The minimum absolute atomic E-state index is 0.799. The van der Waals surface area contributed by atoms with E-state index in [9.17, 15) is 0 Å². The third kappa shape index (κ3) is 2.56. The van der Waals surface area contributed by atoms with Gasteiger partial charge in [0, 0.05) is 22.4 Å². The highest BCUT2D eigenvalue weighted by Gasteiger charge is 2.21. The van der Waals surface area contributed by atoms with Crippen molar-refractivity contribution in [2.24, 2.45) is 4.99 Å². The van der Waals surface area contributed by atoms with Crippen LogP contribution in [0.15, 0.2) is 59.6 Å². The molecule has 0 amide bonds. The van der Waals surface area contributed by atoms with Crippen molar-refractivity contribution in [1.29, 1.82) is 0 Å². The van der Waals surface area contributed by atoms with E-state index in [1.54, 1.807) is 0 Å². The quantitative estimate of drug-likeness (QED) is 0.501. The van der Waals surface area contributed by atoms with Gasteiger partial charge in [0.1, 0.15) is 11.5 Å². The molecule has 3 aromatic rings. The predicted molar refractivity (Wildman–Crippen MR) is 104 cm³/mol. The standard InChI is InChI=1S/C23H19NO/c1-14-5-8-18(16(3)11-14)23-19-9-6-15(2)12-21(19)25-22-13-17(24-4)7-10-20(22)23/h5-13H,2,4H2,1,3H3. The number of hydrogen-bond acceptors (Lipinski definition) is 2. The SMILES string of the molecule is C=Nc1ccc2c(c1)Oc1cc(=C)ccc1=C2c1ccc(C)cc1C. The molecule has 4 rings (SSSR count). The molecular weight excluding hydrogens is 306 g/mol. The van der Waals surface area contributed by atoms with E-state index in [0.29, 0.717) is 0 Å². The summed E-state index contributed by atoms with van der Waals surface area (Å²) in [7, 11) is 0. The number of rotatable bonds is 2. The number of ether oxygens (including phenoxy) is 1. The van der Waals surface area contributed by atoms with Crippen LogP contribution in [0.1, 0.15) is 22.3 Å². The van der Waals surface area contributed by atoms with Crippen LogP contribution in [0.5, 0.6) is 11.5 Å². The lowest BCUT2D eigenvalue weighted by Gasteiger charge is -2.22. The van der Waals surface area contributed by atoms with E-state index in [4.69, 9.17) is 4.74 Å². The van der Waals surface area contributed by atoms with E-state index in [-0.39, 0.29) is 0 Å². The highest BCUT2D eigenvalue weighted by Crippen LogP contribution is 2.38. The molecule has 3 aromatic carbocycles. The van der Waals surface area contributed by atoms with Gasteiger partial charge in [0.25, 0.3) is 0 Å². The molecule has 0 atom stereocenters. The van der Waals surface area contributed by atoms with Crippen LogP contribution in [0.2, 0.25) is 0 Å². The van der Waals surface area contributed by atoms with Crippen molar-refractivity contribution in [1.82, 2.24) is 0 Å². The van der Waals surface area contributed by atoms with Crippen LogP contribution in [-0.4, -0.2) is 6.72 Å². The van der Waals surface area contributed by atoms with Crippen molar-refractivity contribution < 1.29 is 4.74 Å². The number of aryl methyl sites for hydroxylation is 2. The predicted octanol–water partition coefficient (Wildman–Crippen LogP) is 4.40. The summed E-state index contributed by atoms with van der Waals surface area (Å²) in [4.78, 5) is 4.03. The Bertz CT molecular complexity index is 1130. The second-order valence-electron chi connectivity index (χ2n) is 6.46. The van der Waals surface area contributed by atoms with E-state index >= 15 is 0 Å². The van der Waals surface area contributed by atoms with E-state index in [1.807, 2.05) is 24.3 Å². The Labute approximate surface area is 147 Å². The first-order valence-corrected chi connectivity index (χ1v) is 8.27. The third-order valence-corrected chi connectivity index (χ3v) is 4.60. The number of aliphatic imine (C=N–C) groups is 1. The van der Waals surface area contributed by atoms with Gasteiger partial charge in [-0.15, -0.1) is 0 Å². The Kier molecular flexibility index (Phi) is 3.54. The van der Waals surface area contributed by atoms with Crippen molar-refractivity contribution in [3.05, 3.63) is 87.3 Å². The normalized spacial score (nSPS) is 12.2. The zero-order valence-electron chi connectivity index (χ0n) is 14.5. The van der Waals surface area contributed by atoms with Gasteiger partial charge in [-0.1, -0.05) is 42.5 Å². The van der Waals surface area contributed by atoms with Gasteiger partial charge in [0.2, 0.25) is 0 Å².